The molecule has 1 aliphatic carbocycles. The molecular weight excluding hydrogens is 340 g/mol. The fraction of sp³-hybridized carbons (Fsp3) is 0.500. The van der Waals surface area contributed by atoms with Gasteiger partial charge in [-0.05, 0) is 44.7 Å². The van der Waals surface area contributed by atoms with E-state index in [-0.39, 0.29) is 17.7 Å². The molecule has 1 aliphatic rings. The molecule has 0 radical (unpaired) electrons. The number of hydrogen-bond acceptors (Lipinski definition) is 5. The highest BCUT2D eigenvalue weighted by molar-refractivity contribution is 7.89. The van der Waals surface area contributed by atoms with Gasteiger partial charge in [-0.3, -0.25) is 0 Å². The maximum absolute atomic E-state index is 11.8. The molecule has 0 saturated heterocycles. The van der Waals surface area contributed by atoms with Crippen molar-refractivity contribution >= 4 is 38.0 Å². The third kappa shape index (κ3) is 2.87. The molecule has 0 spiro atoms. The molecule has 0 amide bonds. The third-order valence-electron chi connectivity index (χ3n) is 5.21. The van der Waals surface area contributed by atoms with Crippen LogP contribution in [-0.4, -0.2) is 40.7 Å². The molecule has 0 aliphatic heterocycles. The number of hydrogen-bond donors (Lipinski definition) is 3. The standard InChI is InChI=1S/C16H22N6O2S/c1-18-25(23,24)9-10-2-4-11(5-3-10)22-14-12-6-7-19-15(12)20-8-13(14)21-16(22)17/h6-8,10-11,18H,2-5,9H2,1H3,(H2,17,21)(H,19,20). The lowest BCUT2D eigenvalue weighted by molar-refractivity contribution is 0.296. The van der Waals surface area contributed by atoms with E-state index in [1.807, 2.05) is 12.3 Å². The summed E-state index contributed by atoms with van der Waals surface area (Å²) in [4.78, 5) is 12.0. The van der Waals surface area contributed by atoms with E-state index in [9.17, 15) is 8.42 Å². The van der Waals surface area contributed by atoms with Crippen molar-refractivity contribution in [3.63, 3.8) is 0 Å². The minimum Gasteiger partial charge on any atom is -0.369 e. The van der Waals surface area contributed by atoms with Gasteiger partial charge >= 0.3 is 0 Å². The SMILES string of the molecule is CNS(=O)(=O)CC1CCC(n2c(N)nc3cnc4[nH]ccc4c32)CC1. The summed E-state index contributed by atoms with van der Waals surface area (Å²) in [6, 6.07) is 2.23. The first-order valence-corrected chi connectivity index (χ1v) is 10.1. The lowest BCUT2D eigenvalue weighted by atomic mass is 9.87. The Bertz CT molecular complexity index is 1010. The average molecular weight is 362 g/mol. The second-order valence-electron chi connectivity index (χ2n) is 6.73. The number of pyridine rings is 1. The number of anilines is 1. The molecule has 1 fully saturated rings. The number of aromatic amines is 1. The predicted octanol–water partition coefficient (Wildman–Crippen LogP) is 1.78. The molecule has 0 bridgehead atoms. The van der Waals surface area contributed by atoms with Crippen molar-refractivity contribution in [2.45, 2.75) is 31.7 Å². The number of nitrogens with one attached hydrogen (secondary N) is 2. The Morgan fingerprint density at radius 3 is 2.84 bits per heavy atom. The van der Waals surface area contributed by atoms with Gasteiger partial charge in [0.2, 0.25) is 16.0 Å². The van der Waals surface area contributed by atoms with Gasteiger partial charge < -0.3 is 15.3 Å². The molecule has 0 atom stereocenters. The van der Waals surface area contributed by atoms with Crippen molar-refractivity contribution in [3.8, 4) is 0 Å². The average Bonchev–Trinajstić information content (AvgIpc) is 3.18. The first-order chi connectivity index (χ1) is 12.0. The molecule has 8 nitrogen and oxygen atoms in total. The van der Waals surface area contributed by atoms with Crippen LogP contribution in [0.5, 0.6) is 0 Å². The van der Waals surface area contributed by atoms with Crippen LogP contribution in [0.15, 0.2) is 18.5 Å². The quantitative estimate of drug-likeness (QED) is 0.653. The van der Waals surface area contributed by atoms with Crippen molar-refractivity contribution in [2.75, 3.05) is 18.5 Å². The van der Waals surface area contributed by atoms with Crippen LogP contribution in [0.1, 0.15) is 31.7 Å². The lowest BCUT2D eigenvalue weighted by Crippen LogP contribution is -2.29. The van der Waals surface area contributed by atoms with E-state index in [2.05, 4.69) is 24.2 Å². The zero-order valence-corrected chi connectivity index (χ0v) is 14.9. The number of nitrogens with two attached hydrogens (primary N) is 1. The molecular formula is C16H22N6O2S. The van der Waals surface area contributed by atoms with Gasteiger partial charge in [0.15, 0.2) is 0 Å². The van der Waals surface area contributed by atoms with Crippen molar-refractivity contribution in [3.05, 3.63) is 18.5 Å². The molecule has 0 unspecified atom stereocenters. The molecule has 1 saturated carbocycles. The van der Waals surface area contributed by atoms with Crippen molar-refractivity contribution in [1.82, 2.24) is 24.2 Å². The van der Waals surface area contributed by atoms with Gasteiger partial charge in [-0.15, -0.1) is 0 Å². The van der Waals surface area contributed by atoms with Gasteiger partial charge in [0, 0.05) is 17.6 Å². The fourth-order valence-electron chi connectivity index (χ4n) is 3.94. The third-order valence-corrected chi connectivity index (χ3v) is 6.74. The maximum atomic E-state index is 11.8. The van der Waals surface area contributed by atoms with Gasteiger partial charge in [0.25, 0.3) is 0 Å². The minimum atomic E-state index is -3.16. The van der Waals surface area contributed by atoms with Gasteiger partial charge in [-0.25, -0.2) is 23.1 Å². The highest BCUT2D eigenvalue weighted by Crippen LogP contribution is 2.37. The van der Waals surface area contributed by atoms with E-state index >= 15 is 0 Å². The first kappa shape index (κ1) is 16.3. The van der Waals surface area contributed by atoms with Gasteiger partial charge in [0.05, 0.1) is 17.5 Å². The van der Waals surface area contributed by atoms with Crippen LogP contribution in [0.4, 0.5) is 5.95 Å². The Hall–Kier alpha value is -2.13. The number of sulfonamides is 1. The van der Waals surface area contributed by atoms with Crippen molar-refractivity contribution in [2.24, 2.45) is 5.92 Å². The van der Waals surface area contributed by atoms with Crippen LogP contribution >= 0.6 is 0 Å². The Morgan fingerprint density at radius 2 is 2.12 bits per heavy atom. The monoisotopic (exact) mass is 362 g/mol. The van der Waals surface area contributed by atoms with E-state index in [0.717, 1.165) is 47.8 Å². The Kier molecular flexibility index (Phi) is 3.92. The summed E-state index contributed by atoms with van der Waals surface area (Å²) in [5.74, 6) is 0.887. The fourth-order valence-corrected chi connectivity index (χ4v) is 5.06. The Balaban J connectivity index is 1.63. The van der Waals surface area contributed by atoms with Crippen LogP contribution in [-0.2, 0) is 10.0 Å². The van der Waals surface area contributed by atoms with Gasteiger partial charge in [0.1, 0.15) is 11.2 Å². The van der Waals surface area contributed by atoms with Crippen LogP contribution in [0.25, 0.3) is 22.1 Å². The number of fused-ring (bicyclic) bond motifs is 3. The topological polar surface area (TPSA) is 119 Å². The summed E-state index contributed by atoms with van der Waals surface area (Å²) >= 11 is 0. The summed E-state index contributed by atoms with van der Waals surface area (Å²) < 4.78 is 28.0. The summed E-state index contributed by atoms with van der Waals surface area (Å²) in [5.41, 5.74) is 8.84. The van der Waals surface area contributed by atoms with Gasteiger partial charge in [-0.1, -0.05) is 0 Å². The molecule has 3 heterocycles. The zero-order chi connectivity index (χ0) is 17.6. The van der Waals surface area contributed by atoms with Gasteiger partial charge in [-0.2, -0.15) is 0 Å². The maximum Gasteiger partial charge on any atom is 0.211 e. The predicted molar refractivity (Wildman–Crippen MR) is 97.6 cm³/mol. The van der Waals surface area contributed by atoms with E-state index in [0.29, 0.717) is 5.95 Å². The summed E-state index contributed by atoms with van der Waals surface area (Å²) in [7, 11) is -1.69. The van der Waals surface area contributed by atoms with E-state index in [4.69, 9.17) is 5.73 Å². The summed E-state index contributed by atoms with van der Waals surface area (Å²) in [6.45, 7) is 0. The second-order valence-corrected chi connectivity index (χ2v) is 8.70. The zero-order valence-electron chi connectivity index (χ0n) is 14.1. The molecule has 3 aromatic heterocycles. The summed E-state index contributed by atoms with van der Waals surface area (Å²) in [5, 5.41) is 1.02. The van der Waals surface area contributed by atoms with E-state index in [1.54, 1.807) is 6.20 Å². The number of imidazole rings is 1. The Morgan fingerprint density at radius 1 is 1.36 bits per heavy atom. The highest BCUT2D eigenvalue weighted by Gasteiger charge is 2.28. The van der Waals surface area contributed by atoms with Crippen LogP contribution in [0.2, 0.25) is 0 Å². The lowest BCUT2D eigenvalue weighted by Gasteiger charge is -2.30. The van der Waals surface area contributed by atoms with Crippen LogP contribution < -0.4 is 10.5 Å². The largest absolute Gasteiger partial charge is 0.369 e. The first-order valence-electron chi connectivity index (χ1n) is 8.49. The van der Waals surface area contributed by atoms with Crippen molar-refractivity contribution in [1.29, 1.82) is 0 Å². The molecule has 9 heteroatoms. The molecule has 4 N–H and O–H groups in total. The summed E-state index contributed by atoms with van der Waals surface area (Å²) in [6.07, 6.45) is 7.13. The second kappa shape index (κ2) is 5.99. The molecule has 134 valence electrons. The van der Waals surface area contributed by atoms with Crippen molar-refractivity contribution < 1.29 is 8.42 Å². The molecule has 25 heavy (non-hydrogen) atoms. The van der Waals surface area contributed by atoms with Crippen LogP contribution in [0, 0.1) is 5.92 Å². The van der Waals surface area contributed by atoms with E-state index < -0.39 is 10.0 Å². The number of rotatable bonds is 4. The minimum absolute atomic E-state index is 0.193. The normalized spacial score (nSPS) is 22.0. The molecule has 3 aromatic rings. The van der Waals surface area contributed by atoms with E-state index in [1.165, 1.54) is 7.05 Å². The highest BCUT2D eigenvalue weighted by atomic mass is 32.2. The number of nitrogens with zero attached hydrogens (tertiary/aromatic N) is 3. The number of H-pyrrole nitrogens is 1. The number of aromatic nitrogens is 4. The molecule has 4 rings (SSSR count). The molecule has 0 aromatic carbocycles. The van der Waals surface area contributed by atoms with Crippen LogP contribution in [0.3, 0.4) is 0 Å². The smallest absolute Gasteiger partial charge is 0.211 e. The number of nitrogen functional groups attached to an aromatic ring is 1. The Labute approximate surface area is 145 Å².